The van der Waals surface area contributed by atoms with Crippen molar-refractivity contribution in [3.63, 3.8) is 0 Å². The average Bonchev–Trinajstić information content (AvgIpc) is 3.53. The summed E-state index contributed by atoms with van der Waals surface area (Å²) in [6, 6.07) is 0. The van der Waals surface area contributed by atoms with Gasteiger partial charge >= 0.3 is 0 Å². The SMILES string of the molecule is C=C(O[Si](C)(C)C(C)(C)C)C1=C[C@@H]2[C@@H](O[Si](C(C)C)(C(C)C)C(C)C)[C@H](C1)[C@H]1[C@H](C)C(Cl)=C[C@@H]2C12CC2. The van der Waals surface area contributed by atoms with Crippen molar-refractivity contribution in [1.29, 1.82) is 0 Å². The second-order valence-corrected chi connectivity index (χ2v) is 26.0. The Morgan fingerprint density at radius 1 is 1.03 bits per heavy atom. The lowest BCUT2D eigenvalue weighted by Gasteiger charge is -2.60. The summed E-state index contributed by atoms with van der Waals surface area (Å²) in [5.74, 6) is 3.21. The quantitative estimate of drug-likeness (QED) is 0.216. The molecule has 0 amide bonds. The third-order valence-corrected chi connectivity index (χ3v) is 22.5. The molecule has 37 heavy (non-hydrogen) atoms. The summed E-state index contributed by atoms with van der Waals surface area (Å²) in [6.07, 6.45) is 8.98. The maximum Gasteiger partial charge on any atom is 0.250 e. The standard InChI is InChI=1S/C32H55ClO2Si2/c1-19(2)37(20(3)4,21(5)6)35-30-25-16-24(23(8)34-36(12,13)31(9,10)11)17-26(30)29-22(7)28(33)18-27(25)32(29)14-15-32/h16,18-22,25-27,29-30H,8,14-15,17H2,1-7,9-13H3/t22-,25+,26-,27+,29-,30-/m1/s1. The summed E-state index contributed by atoms with van der Waals surface area (Å²) in [5.41, 5.74) is 3.52. The van der Waals surface area contributed by atoms with E-state index in [1.54, 1.807) is 0 Å². The van der Waals surface area contributed by atoms with Gasteiger partial charge in [-0.1, -0.05) is 99.6 Å². The molecule has 4 aliphatic rings. The topological polar surface area (TPSA) is 18.5 Å². The van der Waals surface area contributed by atoms with Gasteiger partial charge in [-0.15, -0.1) is 0 Å². The Morgan fingerprint density at radius 2 is 1.57 bits per heavy atom. The predicted molar refractivity (Wildman–Crippen MR) is 165 cm³/mol. The second-order valence-electron chi connectivity index (χ2n) is 15.4. The molecule has 0 unspecified atom stereocenters. The van der Waals surface area contributed by atoms with E-state index < -0.39 is 16.6 Å². The van der Waals surface area contributed by atoms with Gasteiger partial charge in [0, 0.05) is 11.0 Å². The fraction of sp³-hybridized carbons (Fsp3) is 0.812. The van der Waals surface area contributed by atoms with E-state index in [0.29, 0.717) is 51.6 Å². The van der Waals surface area contributed by atoms with E-state index in [0.717, 1.165) is 17.2 Å². The first-order chi connectivity index (χ1) is 16.9. The zero-order valence-electron chi connectivity index (χ0n) is 25.9. The molecule has 2 saturated carbocycles. The van der Waals surface area contributed by atoms with Gasteiger partial charge in [0.2, 0.25) is 16.6 Å². The highest BCUT2D eigenvalue weighted by Crippen LogP contribution is 2.73. The van der Waals surface area contributed by atoms with E-state index in [4.69, 9.17) is 20.5 Å². The van der Waals surface area contributed by atoms with Crippen LogP contribution in [0.15, 0.2) is 35.1 Å². The highest BCUT2D eigenvalue weighted by atomic mass is 35.5. The van der Waals surface area contributed by atoms with Crippen LogP contribution < -0.4 is 0 Å². The van der Waals surface area contributed by atoms with Gasteiger partial charge in [-0.2, -0.15) is 0 Å². The first kappa shape index (κ1) is 29.7. The van der Waals surface area contributed by atoms with Crippen LogP contribution in [0.25, 0.3) is 0 Å². The van der Waals surface area contributed by atoms with Gasteiger partial charge in [-0.25, -0.2) is 0 Å². The minimum absolute atomic E-state index is 0.156. The van der Waals surface area contributed by atoms with Crippen LogP contribution in [0.3, 0.4) is 0 Å². The summed E-state index contributed by atoms with van der Waals surface area (Å²) < 4.78 is 14.5. The number of hydrogen-bond donors (Lipinski definition) is 0. The van der Waals surface area contributed by atoms with Crippen LogP contribution in [0.4, 0.5) is 0 Å². The molecular formula is C32H55ClO2Si2. The zero-order chi connectivity index (χ0) is 27.9. The monoisotopic (exact) mass is 562 g/mol. The van der Waals surface area contributed by atoms with Gasteiger partial charge in [0.05, 0.1) is 11.9 Å². The maximum atomic E-state index is 7.71. The molecule has 0 aromatic rings. The van der Waals surface area contributed by atoms with Crippen molar-refractivity contribution < 1.29 is 8.85 Å². The summed E-state index contributed by atoms with van der Waals surface area (Å²) in [7, 11) is -3.99. The van der Waals surface area contributed by atoms with E-state index >= 15 is 0 Å². The van der Waals surface area contributed by atoms with Crippen LogP contribution >= 0.6 is 11.6 Å². The molecule has 0 saturated heterocycles. The summed E-state index contributed by atoms with van der Waals surface area (Å²) in [4.78, 5) is 0. The predicted octanol–water partition coefficient (Wildman–Crippen LogP) is 10.4. The molecule has 5 heteroatoms. The highest BCUT2D eigenvalue weighted by Gasteiger charge is 2.68. The number of allylic oxidation sites excluding steroid dienone is 3. The van der Waals surface area contributed by atoms with E-state index in [2.05, 4.69) is 101 Å². The third-order valence-electron chi connectivity index (χ3n) is 11.6. The van der Waals surface area contributed by atoms with Crippen molar-refractivity contribution in [2.24, 2.45) is 35.0 Å². The van der Waals surface area contributed by atoms with E-state index in [9.17, 15) is 0 Å². The Morgan fingerprint density at radius 3 is 2.03 bits per heavy atom. The number of rotatable bonds is 8. The molecule has 0 aromatic heterocycles. The van der Waals surface area contributed by atoms with Crippen molar-refractivity contribution in [3.8, 4) is 0 Å². The Kier molecular flexibility index (Phi) is 7.75. The van der Waals surface area contributed by atoms with E-state index in [1.807, 2.05) is 0 Å². The molecule has 2 fully saturated rings. The van der Waals surface area contributed by atoms with Crippen LogP contribution in [0, 0.1) is 35.0 Å². The van der Waals surface area contributed by atoms with Crippen molar-refractivity contribution in [1.82, 2.24) is 0 Å². The fourth-order valence-electron chi connectivity index (χ4n) is 8.72. The number of fused-ring (bicyclic) bond motifs is 4. The molecule has 6 atom stereocenters. The van der Waals surface area contributed by atoms with Crippen LogP contribution in [-0.2, 0) is 8.85 Å². The Balaban J connectivity index is 1.79. The summed E-state index contributed by atoms with van der Waals surface area (Å²) >= 11 is 6.98. The number of hydrogen-bond acceptors (Lipinski definition) is 2. The molecule has 0 heterocycles. The lowest BCUT2D eigenvalue weighted by atomic mass is 9.49. The Hall–Kier alpha value is -0.296. The zero-order valence-corrected chi connectivity index (χ0v) is 28.6. The molecule has 0 aromatic carbocycles. The largest absolute Gasteiger partial charge is 0.544 e. The Labute approximate surface area is 235 Å². The summed E-state index contributed by atoms with van der Waals surface area (Å²) in [5, 5.41) is 1.25. The molecule has 210 valence electrons. The van der Waals surface area contributed by atoms with Crippen LogP contribution in [0.1, 0.15) is 88.5 Å². The van der Waals surface area contributed by atoms with E-state index in [1.165, 1.54) is 18.4 Å². The van der Waals surface area contributed by atoms with Gasteiger partial charge in [0.15, 0.2) is 0 Å². The van der Waals surface area contributed by atoms with Crippen molar-refractivity contribution in [3.05, 3.63) is 35.1 Å². The minimum atomic E-state index is -2.04. The lowest BCUT2D eigenvalue weighted by molar-refractivity contribution is -0.0821. The Bertz CT molecular complexity index is 944. The van der Waals surface area contributed by atoms with Gasteiger partial charge in [-0.05, 0) is 88.7 Å². The molecule has 4 rings (SSSR count). The van der Waals surface area contributed by atoms with Crippen molar-refractivity contribution in [2.45, 2.75) is 129 Å². The van der Waals surface area contributed by atoms with Crippen LogP contribution in [-0.4, -0.2) is 22.7 Å². The highest BCUT2D eigenvalue weighted by molar-refractivity contribution is 6.77. The fourth-order valence-corrected chi connectivity index (χ4v) is 15.7. The lowest BCUT2D eigenvalue weighted by Crippen LogP contribution is -2.61. The minimum Gasteiger partial charge on any atom is -0.544 e. The molecule has 1 spiro atoms. The van der Waals surface area contributed by atoms with Gasteiger partial charge in [-0.3, -0.25) is 0 Å². The molecular weight excluding hydrogens is 508 g/mol. The third kappa shape index (κ3) is 4.62. The average molecular weight is 563 g/mol. The van der Waals surface area contributed by atoms with Crippen molar-refractivity contribution >= 4 is 28.2 Å². The smallest absolute Gasteiger partial charge is 0.250 e. The molecule has 4 bridgehead atoms. The maximum absolute atomic E-state index is 7.71. The molecule has 0 aliphatic heterocycles. The number of halogens is 1. The first-order valence-corrected chi connectivity index (χ1v) is 20.5. The molecule has 0 radical (unpaired) electrons. The van der Waals surface area contributed by atoms with Gasteiger partial charge < -0.3 is 8.85 Å². The van der Waals surface area contributed by atoms with Crippen molar-refractivity contribution in [2.75, 3.05) is 0 Å². The van der Waals surface area contributed by atoms with Gasteiger partial charge in [0.25, 0.3) is 0 Å². The first-order valence-electron chi connectivity index (χ1n) is 15.0. The molecule has 4 aliphatic carbocycles. The van der Waals surface area contributed by atoms with E-state index in [-0.39, 0.29) is 11.1 Å². The van der Waals surface area contributed by atoms with Gasteiger partial charge in [0.1, 0.15) is 0 Å². The second kappa shape index (κ2) is 9.66. The molecule has 2 nitrogen and oxygen atoms in total. The van der Waals surface area contributed by atoms with Crippen LogP contribution in [0.2, 0.25) is 34.8 Å². The summed E-state index contributed by atoms with van der Waals surface area (Å²) in [6.45, 7) is 33.0. The molecule has 0 N–H and O–H groups in total. The van der Waals surface area contributed by atoms with Crippen LogP contribution in [0.5, 0.6) is 0 Å². The normalized spacial score (nSPS) is 33.1.